The van der Waals surface area contributed by atoms with Crippen LogP contribution in [0.1, 0.15) is 5.56 Å². The molecule has 0 aliphatic rings. The molecule has 0 amide bonds. The van der Waals surface area contributed by atoms with Gasteiger partial charge in [-0.15, -0.1) is 11.3 Å². The fourth-order valence-electron chi connectivity index (χ4n) is 2.04. The summed E-state index contributed by atoms with van der Waals surface area (Å²) < 4.78 is 31.3. The molecule has 2 aromatic heterocycles. The van der Waals surface area contributed by atoms with Gasteiger partial charge in [-0.25, -0.2) is 22.7 Å². The van der Waals surface area contributed by atoms with E-state index in [2.05, 4.69) is 9.97 Å². The van der Waals surface area contributed by atoms with Crippen molar-refractivity contribution in [1.82, 2.24) is 14.3 Å². The average Bonchev–Trinajstić information content (AvgIpc) is 3.02. The molecule has 0 unspecified atom stereocenters. The van der Waals surface area contributed by atoms with Crippen molar-refractivity contribution < 1.29 is 13.2 Å². The first-order valence-corrected chi connectivity index (χ1v) is 9.13. The first kappa shape index (κ1) is 15.9. The molecule has 0 aliphatic heterocycles. The third kappa shape index (κ3) is 3.19. The highest BCUT2D eigenvalue weighted by Gasteiger charge is 2.17. The molecule has 120 valence electrons. The standard InChI is InChI=1S/C15H15N3O3S2/c1-18(2)23(19,20)12-5-3-4-11(8-12)9-21-14-13-6-7-22-15(13)17-10-16-14/h3-8,10H,9H2,1-2H3. The number of thiophene rings is 1. The second-order valence-electron chi connectivity index (χ2n) is 5.04. The zero-order valence-corrected chi connectivity index (χ0v) is 14.3. The van der Waals surface area contributed by atoms with Crippen LogP contribution in [0, 0.1) is 0 Å². The summed E-state index contributed by atoms with van der Waals surface area (Å²) in [6, 6.07) is 8.61. The molecule has 0 spiro atoms. The smallest absolute Gasteiger partial charge is 0.242 e. The van der Waals surface area contributed by atoms with Crippen LogP contribution in [0.3, 0.4) is 0 Å². The van der Waals surface area contributed by atoms with Crippen LogP contribution in [0.15, 0.2) is 46.9 Å². The molecule has 0 bridgehead atoms. The Kier molecular flexibility index (Phi) is 4.29. The van der Waals surface area contributed by atoms with E-state index in [4.69, 9.17) is 4.74 Å². The van der Waals surface area contributed by atoms with Gasteiger partial charge in [-0.3, -0.25) is 0 Å². The Bertz CT molecular complexity index is 936. The Hall–Kier alpha value is -2.03. The SMILES string of the molecule is CN(C)S(=O)(=O)c1cccc(COc2ncnc3sccc23)c1. The van der Waals surface area contributed by atoms with Crippen molar-refractivity contribution >= 4 is 31.6 Å². The van der Waals surface area contributed by atoms with Gasteiger partial charge in [-0.1, -0.05) is 12.1 Å². The maximum Gasteiger partial charge on any atom is 0.242 e. The number of sulfonamides is 1. The predicted molar refractivity (Wildman–Crippen MR) is 89.1 cm³/mol. The fourth-order valence-corrected chi connectivity index (χ4v) is 3.74. The minimum absolute atomic E-state index is 0.235. The largest absolute Gasteiger partial charge is 0.472 e. The second-order valence-corrected chi connectivity index (χ2v) is 8.09. The van der Waals surface area contributed by atoms with E-state index < -0.39 is 10.0 Å². The van der Waals surface area contributed by atoms with E-state index >= 15 is 0 Å². The minimum atomic E-state index is -3.45. The van der Waals surface area contributed by atoms with Crippen LogP contribution in [0.2, 0.25) is 0 Å². The molecule has 3 rings (SSSR count). The lowest BCUT2D eigenvalue weighted by Gasteiger charge is -2.12. The summed E-state index contributed by atoms with van der Waals surface area (Å²) in [6.45, 7) is 0.235. The van der Waals surface area contributed by atoms with E-state index in [1.165, 1.54) is 36.1 Å². The monoisotopic (exact) mass is 349 g/mol. The van der Waals surface area contributed by atoms with Crippen molar-refractivity contribution in [2.75, 3.05) is 14.1 Å². The van der Waals surface area contributed by atoms with Gasteiger partial charge in [-0.05, 0) is 29.1 Å². The zero-order chi connectivity index (χ0) is 16.4. The number of fused-ring (bicyclic) bond motifs is 1. The number of benzene rings is 1. The van der Waals surface area contributed by atoms with Gasteiger partial charge in [-0.2, -0.15) is 0 Å². The third-order valence-corrected chi connectivity index (χ3v) is 5.91. The Morgan fingerprint density at radius 1 is 1.22 bits per heavy atom. The van der Waals surface area contributed by atoms with Crippen LogP contribution in [0.4, 0.5) is 0 Å². The Balaban J connectivity index is 1.83. The average molecular weight is 349 g/mol. The molecule has 0 atom stereocenters. The Morgan fingerprint density at radius 3 is 2.83 bits per heavy atom. The highest BCUT2D eigenvalue weighted by atomic mass is 32.2. The van der Waals surface area contributed by atoms with Crippen LogP contribution >= 0.6 is 11.3 Å². The summed E-state index contributed by atoms with van der Waals surface area (Å²) >= 11 is 1.52. The molecule has 1 aromatic carbocycles. The van der Waals surface area contributed by atoms with E-state index in [1.807, 2.05) is 17.5 Å². The van der Waals surface area contributed by atoms with Gasteiger partial charge in [0.1, 0.15) is 17.8 Å². The lowest BCUT2D eigenvalue weighted by Crippen LogP contribution is -2.22. The van der Waals surface area contributed by atoms with Gasteiger partial charge in [0, 0.05) is 14.1 Å². The summed E-state index contributed by atoms with van der Waals surface area (Å²) in [5, 5.41) is 2.78. The zero-order valence-electron chi connectivity index (χ0n) is 12.6. The lowest BCUT2D eigenvalue weighted by atomic mass is 10.2. The maximum absolute atomic E-state index is 12.2. The number of aromatic nitrogens is 2. The molecule has 0 radical (unpaired) electrons. The van der Waals surface area contributed by atoms with E-state index in [-0.39, 0.29) is 11.5 Å². The molecule has 0 saturated heterocycles. The lowest BCUT2D eigenvalue weighted by molar-refractivity contribution is 0.297. The third-order valence-electron chi connectivity index (χ3n) is 3.28. The highest BCUT2D eigenvalue weighted by Crippen LogP contribution is 2.26. The van der Waals surface area contributed by atoms with Gasteiger partial charge in [0.2, 0.25) is 15.9 Å². The quantitative estimate of drug-likeness (QED) is 0.708. The molecule has 0 fully saturated rings. The molecular weight excluding hydrogens is 334 g/mol. The highest BCUT2D eigenvalue weighted by molar-refractivity contribution is 7.89. The Labute approximate surface area is 138 Å². The maximum atomic E-state index is 12.2. The van der Waals surface area contributed by atoms with Crippen molar-refractivity contribution in [2.45, 2.75) is 11.5 Å². The molecule has 23 heavy (non-hydrogen) atoms. The molecule has 8 heteroatoms. The molecule has 6 nitrogen and oxygen atoms in total. The molecular formula is C15H15N3O3S2. The van der Waals surface area contributed by atoms with Crippen molar-refractivity contribution in [1.29, 1.82) is 0 Å². The molecule has 3 aromatic rings. The summed E-state index contributed by atoms with van der Waals surface area (Å²) in [6.07, 6.45) is 1.46. The van der Waals surface area contributed by atoms with E-state index in [0.717, 1.165) is 15.8 Å². The van der Waals surface area contributed by atoms with Crippen molar-refractivity contribution in [3.63, 3.8) is 0 Å². The van der Waals surface area contributed by atoms with Crippen LogP contribution in [-0.2, 0) is 16.6 Å². The van der Waals surface area contributed by atoms with Gasteiger partial charge in [0.15, 0.2) is 0 Å². The number of hydrogen-bond donors (Lipinski definition) is 0. The molecule has 0 aliphatic carbocycles. The molecule has 0 N–H and O–H groups in total. The number of rotatable bonds is 5. The topological polar surface area (TPSA) is 72.4 Å². The first-order valence-electron chi connectivity index (χ1n) is 6.81. The predicted octanol–water partition coefficient (Wildman–Crippen LogP) is 2.52. The summed E-state index contributed by atoms with van der Waals surface area (Å²) in [5.41, 5.74) is 0.759. The summed E-state index contributed by atoms with van der Waals surface area (Å²) in [7, 11) is -0.441. The number of nitrogens with zero attached hydrogens (tertiary/aromatic N) is 3. The van der Waals surface area contributed by atoms with Gasteiger partial charge < -0.3 is 4.74 Å². The molecule has 2 heterocycles. The van der Waals surface area contributed by atoms with Crippen LogP contribution in [-0.4, -0.2) is 36.8 Å². The van der Waals surface area contributed by atoms with E-state index in [1.54, 1.807) is 18.2 Å². The number of hydrogen-bond acceptors (Lipinski definition) is 6. The van der Waals surface area contributed by atoms with Gasteiger partial charge >= 0.3 is 0 Å². The van der Waals surface area contributed by atoms with Crippen molar-refractivity contribution in [3.8, 4) is 5.88 Å². The minimum Gasteiger partial charge on any atom is -0.472 e. The van der Waals surface area contributed by atoms with Crippen LogP contribution in [0.25, 0.3) is 10.2 Å². The fraction of sp³-hybridized carbons (Fsp3) is 0.200. The summed E-state index contributed by atoms with van der Waals surface area (Å²) in [4.78, 5) is 9.41. The van der Waals surface area contributed by atoms with Gasteiger partial charge in [0.25, 0.3) is 0 Å². The summed E-state index contributed by atoms with van der Waals surface area (Å²) in [5.74, 6) is 0.497. The van der Waals surface area contributed by atoms with Crippen LogP contribution in [0.5, 0.6) is 5.88 Å². The first-order chi connectivity index (χ1) is 11.0. The van der Waals surface area contributed by atoms with Gasteiger partial charge in [0.05, 0.1) is 10.3 Å². The van der Waals surface area contributed by atoms with E-state index in [9.17, 15) is 8.42 Å². The normalized spacial score (nSPS) is 12.0. The Morgan fingerprint density at radius 2 is 2.04 bits per heavy atom. The van der Waals surface area contributed by atoms with Crippen molar-refractivity contribution in [2.24, 2.45) is 0 Å². The second kappa shape index (κ2) is 6.23. The molecule has 0 saturated carbocycles. The number of ether oxygens (including phenoxy) is 1. The van der Waals surface area contributed by atoms with Crippen molar-refractivity contribution in [3.05, 3.63) is 47.6 Å². The van der Waals surface area contributed by atoms with E-state index in [0.29, 0.717) is 5.88 Å². The van der Waals surface area contributed by atoms with Crippen LogP contribution < -0.4 is 4.74 Å².